The molecule has 0 spiro atoms. The van der Waals surface area contributed by atoms with E-state index in [1.165, 1.54) is 4.90 Å². The molecule has 5 heteroatoms. The first-order chi connectivity index (χ1) is 7.06. The Morgan fingerprint density at radius 1 is 1.33 bits per heavy atom. The molecule has 0 aromatic carbocycles. The predicted molar refractivity (Wildman–Crippen MR) is 59.2 cm³/mol. The van der Waals surface area contributed by atoms with E-state index in [-0.39, 0.29) is 18.4 Å². The van der Waals surface area contributed by atoms with Gasteiger partial charge in [0.1, 0.15) is 0 Å². The molecule has 3 N–H and O–H groups in total. The Bertz CT molecular complexity index is 219. The lowest BCUT2D eigenvalue weighted by molar-refractivity contribution is -0.136. The van der Waals surface area contributed by atoms with Crippen molar-refractivity contribution in [1.82, 2.24) is 10.2 Å². The normalized spacial score (nSPS) is 12.0. The molecule has 0 fully saturated rings. The predicted octanol–water partition coefficient (Wildman–Crippen LogP) is -0.292. The number of nitrogens with one attached hydrogen (secondary N) is 1. The Morgan fingerprint density at radius 2 is 1.93 bits per heavy atom. The van der Waals surface area contributed by atoms with Crippen LogP contribution in [0.5, 0.6) is 0 Å². The minimum absolute atomic E-state index is 0.0941. The smallest absolute Gasteiger partial charge is 0.239 e. The first-order valence-electron chi connectivity index (χ1n) is 5.37. The number of likely N-dealkylation sites (N-methyl/N-ethyl adjacent to an activating group) is 2. The summed E-state index contributed by atoms with van der Waals surface area (Å²) in [6.07, 6.45) is 0.588. The molecule has 1 unspecified atom stereocenters. The number of nitrogens with two attached hydrogens (primary N) is 1. The summed E-state index contributed by atoms with van der Waals surface area (Å²) in [6.45, 7) is 6.70. The average molecular weight is 215 g/mol. The highest BCUT2D eigenvalue weighted by Gasteiger charge is 2.19. The summed E-state index contributed by atoms with van der Waals surface area (Å²) in [5.74, 6) is -0.303. The number of nitrogens with zero attached hydrogens (tertiary/aromatic N) is 1. The van der Waals surface area contributed by atoms with Crippen LogP contribution in [0, 0.1) is 0 Å². The summed E-state index contributed by atoms with van der Waals surface area (Å²) in [7, 11) is 0. The van der Waals surface area contributed by atoms with Crippen molar-refractivity contribution in [2.75, 3.05) is 19.6 Å². The maximum absolute atomic E-state index is 11.7. The van der Waals surface area contributed by atoms with Crippen molar-refractivity contribution < 1.29 is 9.59 Å². The molecule has 0 aliphatic heterocycles. The molecule has 0 radical (unpaired) electrons. The Morgan fingerprint density at radius 3 is 2.33 bits per heavy atom. The molecule has 0 heterocycles. The van der Waals surface area contributed by atoms with Gasteiger partial charge in [-0.1, -0.05) is 6.92 Å². The topological polar surface area (TPSA) is 75.4 Å². The van der Waals surface area contributed by atoms with Crippen LogP contribution in [0.2, 0.25) is 0 Å². The molecule has 2 amide bonds. The van der Waals surface area contributed by atoms with Gasteiger partial charge in [0.15, 0.2) is 0 Å². The number of carbonyl (C=O) groups excluding carboxylic acids is 2. The largest absolute Gasteiger partial charge is 0.355 e. The van der Waals surface area contributed by atoms with Gasteiger partial charge in [0.2, 0.25) is 11.8 Å². The van der Waals surface area contributed by atoms with Gasteiger partial charge in [-0.05, 0) is 20.3 Å². The highest BCUT2D eigenvalue weighted by Crippen LogP contribution is 1.96. The Kier molecular flexibility index (Phi) is 6.70. The Balaban J connectivity index is 4.24. The molecule has 0 aliphatic rings. The number of amides is 2. The summed E-state index contributed by atoms with van der Waals surface area (Å²) in [5, 5.41) is 2.65. The standard InChI is InChI=1S/C10H21N3O2/c1-4-8(11)10(15)13(6-3)7-9(14)12-5-2/h8H,4-7,11H2,1-3H3,(H,12,14). The minimum atomic E-state index is -0.501. The van der Waals surface area contributed by atoms with Crippen LogP contribution in [0.15, 0.2) is 0 Å². The van der Waals surface area contributed by atoms with Gasteiger partial charge in [-0.3, -0.25) is 9.59 Å². The van der Waals surface area contributed by atoms with Crippen LogP contribution in [-0.2, 0) is 9.59 Å². The molecule has 0 saturated carbocycles. The molecule has 5 nitrogen and oxygen atoms in total. The second kappa shape index (κ2) is 7.23. The van der Waals surface area contributed by atoms with Crippen molar-refractivity contribution in [1.29, 1.82) is 0 Å². The van der Waals surface area contributed by atoms with Gasteiger partial charge in [-0.2, -0.15) is 0 Å². The average Bonchev–Trinajstić information content (AvgIpc) is 2.24. The number of hydrogen-bond acceptors (Lipinski definition) is 3. The highest BCUT2D eigenvalue weighted by molar-refractivity contribution is 5.87. The van der Waals surface area contributed by atoms with E-state index < -0.39 is 6.04 Å². The number of hydrogen-bond donors (Lipinski definition) is 2. The molecule has 0 aliphatic carbocycles. The SMILES string of the molecule is CCNC(=O)CN(CC)C(=O)C(N)CC. The summed E-state index contributed by atoms with van der Waals surface area (Å²) < 4.78 is 0. The maximum Gasteiger partial charge on any atom is 0.239 e. The molecule has 88 valence electrons. The van der Waals surface area contributed by atoms with Gasteiger partial charge in [-0.25, -0.2) is 0 Å². The van der Waals surface area contributed by atoms with Crippen LogP contribution in [0.3, 0.4) is 0 Å². The van der Waals surface area contributed by atoms with Gasteiger partial charge < -0.3 is 16.0 Å². The van der Waals surface area contributed by atoms with Crippen LogP contribution in [0.4, 0.5) is 0 Å². The van der Waals surface area contributed by atoms with Crippen molar-refractivity contribution in [2.24, 2.45) is 5.73 Å². The lowest BCUT2D eigenvalue weighted by Crippen LogP contribution is -2.47. The van der Waals surface area contributed by atoms with Crippen LogP contribution in [-0.4, -0.2) is 42.4 Å². The summed E-state index contributed by atoms with van der Waals surface area (Å²) in [6, 6.07) is -0.501. The maximum atomic E-state index is 11.7. The summed E-state index contributed by atoms with van der Waals surface area (Å²) in [4.78, 5) is 24.4. The molecule has 0 bridgehead atoms. The van der Waals surface area contributed by atoms with Crippen LogP contribution >= 0.6 is 0 Å². The minimum Gasteiger partial charge on any atom is -0.355 e. The van der Waals surface area contributed by atoms with E-state index in [9.17, 15) is 9.59 Å². The van der Waals surface area contributed by atoms with Crippen molar-refractivity contribution in [3.05, 3.63) is 0 Å². The van der Waals surface area contributed by atoms with E-state index >= 15 is 0 Å². The fraction of sp³-hybridized carbons (Fsp3) is 0.800. The van der Waals surface area contributed by atoms with Crippen molar-refractivity contribution in [2.45, 2.75) is 33.2 Å². The molecular weight excluding hydrogens is 194 g/mol. The van der Waals surface area contributed by atoms with Crippen LogP contribution in [0.1, 0.15) is 27.2 Å². The van der Waals surface area contributed by atoms with E-state index in [0.29, 0.717) is 19.5 Å². The lowest BCUT2D eigenvalue weighted by atomic mass is 10.2. The Hall–Kier alpha value is -1.10. The van der Waals surface area contributed by atoms with Crippen molar-refractivity contribution in [3.8, 4) is 0 Å². The molecule has 0 aromatic rings. The van der Waals surface area contributed by atoms with Gasteiger partial charge in [-0.15, -0.1) is 0 Å². The molecule has 1 atom stereocenters. The quantitative estimate of drug-likeness (QED) is 0.639. The summed E-state index contributed by atoms with van der Waals surface area (Å²) in [5.41, 5.74) is 5.62. The lowest BCUT2D eigenvalue weighted by Gasteiger charge is -2.23. The zero-order valence-corrected chi connectivity index (χ0v) is 9.75. The van der Waals surface area contributed by atoms with Gasteiger partial charge in [0, 0.05) is 13.1 Å². The molecule has 0 aromatic heterocycles. The molecule has 15 heavy (non-hydrogen) atoms. The van der Waals surface area contributed by atoms with Crippen LogP contribution < -0.4 is 11.1 Å². The zero-order chi connectivity index (χ0) is 11.8. The van der Waals surface area contributed by atoms with Gasteiger partial charge in [0.05, 0.1) is 12.6 Å². The first-order valence-corrected chi connectivity index (χ1v) is 5.37. The van der Waals surface area contributed by atoms with Crippen molar-refractivity contribution >= 4 is 11.8 Å². The Labute approximate surface area is 91.0 Å². The van der Waals surface area contributed by atoms with Gasteiger partial charge in [0.25, 0.3) is 0 Å². The molecular formula is C10H21N3O2. The monoisotopic (exact) mass is 215 g/mol. The van der Waals surface area contributed by atoms with E-state index in [1.54, 1.807) is 0 Å². The van der Waals surface area contributed by atoms with E-state index in [0.717, 1.165) is 0 Å². The van der Waals surface area contributed by atoms with E-state index in [4.69, 9.17) is 5.73 Å². The third-order valence-corrected chi connectivity index (χ3v) is 2.16. The fourth-order valence-corrected chi connectivity index (χ4v) is 1.18. The van der Waals surface area contributed by atoms with Crippen molar-refractivity contribution in [3.63, 3.8) is 0 Å². The number of rotatable bonds is 6. The summed E-state index contributed by atoms with van der Waals surface area (Å²) >= 11 is 0. The third kappa shape index (κ3) is 4.78. The third-order valence-electron chi connectivity index (χ3n) is 2.16. The van der Waals surface area contributed by atoms with E-state index in [2.05, 4.69) is 5.32 Å². The molecule has 0 saturated heterocycles. The molecule has 0 rings (SSSR count). The highest BCUT2D eigenvalue weighted by atomic mass is 16.2. The van der Waals surface area contributed by atoms with Crippen LogP contribution in [0.25, 0.3) is 0 Å². The van der Waals surface area contributed by atoms with Gasteiger partial charge >= 0.3 is 0 Å². The second-order valence-corrected chi connectivity index (χ2v) is 3.32. The van der Waals surface area contributed by atoms with E-state index in [1.807, 2.05) is 20.8 Å². The number of carbonyl (C=O) groups is 2. The second-order valence-electron chi connectivity index (χ2n) is 3.32. The fourth-order valence-electron chi connectivity index (χ4n) is 1.18. The first kappa shape index (κ1) is 13.9. The zero-order valence-electron chi connectivity index (χ0n) is 9.75.